The van der Waals surface area contributed by atoms with Crippen molar-refractivity contribution in [1.82, 2.24) is 16.0 Å². The Morgan fingerprint density at radius 3 is 2.54 bits per heavy atom. The molecule has 1 fully saturated rings. The minimum absolute atomic E-state index is 0.0447. The number of nitrogens with zero attached hydrogens (tertiary/aromatic N) is 1. The number of rotatable bonds is 9. The molecule has 0 radical (unpaired) electrons. The zero-order valence-electron chi connectivity index (χ0n) is 14.6. The molecule has 2 rings (SSSR count). The Hall–Kier alpha value is -2.24. The Bertz CT molecular complexity index is 538. The van der Waals surface area contributed by atoms with Crippen LogP contribution in [0.5, 0.6) is 5.75 Å². The molecule has 0 heterocycles. The number of aliphatic imine (C=N–C) groups is 1. The summed E-state index contributed by atoms with van der Waals surface area (Å²) < 4.78 is 5.50. The fourth-order valence-electron chi connectivity index (χ4n) is 2.19. The molecule has 24 heavy (non-hydrogen) atoms. The van der Waals surface area contributed by atoms with Crippen LogP contribution in [-0.4, -0.2) is 44.7 Å². The molecule has 6 nitrogen and oxygen atoms in total. The first kappa shape index (κ1) is 18.1. The highest BCUT2D eigenvalue weighted by molar-refractivity contribution is 5.79. The van der Waals surface area contributed by atoms with Crippen LogP contribution < -0.4 is 20.7 Å². The molecule has 0 unspecified atom stereocenters. The Morgan fingerprint density at radius 2 is 1.92 bits per heavy atom. The number of hydrogen-bond donors (Lipinski definition) is 3. The average molecular weight is 332 g/mol. The number of hydrogen-bond acceptors (Lipinski definition) is 3. The van der Waals surface area contributed by atoms with Crippen molar-refractivity contribution in [2.24, 2.45) is 4.99 Å². The second-order valence-corrected chi connectivity index (χ2v) is 5.95. The summed E-state index contributed by atoms with van der Waals surface area (Å²) in [5.41, 5.74) is 1.21. The number of carbonyl (C=O) groups excluding carboxylic acids is 1. The second-order valence-electron chi connectivity index (χ2n) is 5.95. The van der Waals surface area contributed by atoms with Gasteiger partial charge in [-0.3, -0.25) is 9.79 Å². The highest BCUT2D eigenvalue weighted by Gasteiger charge is 2.23. The Balaban J connectivity index is 1.66. The van der Waals surface area contributed by atoms with Gasteiger partial charge in [-0.05, 0) is 43.4 Å². The lowest BCUT2D eigenvalue weighted by atomic mass is 10.1. The van der Waals surface area contributed by atoms with Crippen LogP contribution in [0, 0.1) is 0 Å². The summed E-state index contributed by atoms with van der Waals surface area (Å²) in [4.78, 5) is 15.8. The van der Waals surface area contributed by atoms with E-state index in [0.717, 1.165) is 50.5 Å². The fourth-order valence-corrected chi connectivity index (χ4v) is 2.19. The summed E-state index contributed by atoms with van der Waals surface area (Å²) >= 11 is 0. The highest BCUT2D eigenvalue weighted by atomic mass is 16.5. The molecule has 1 aliphatic carbocycles. The normalized spacial score (nSPS) is 14.2. The van der Waals surface area contributed by atoms with Crippen LogP contribution >= 0.6 is 0 Å². The SMILES string of the molecule is CCCNC(=NC)NCCc1ccc(OCC(=O)NC2CC2)cc1. The van der Waals surface area contributed by atoms with Crippen molar-refractivity contribution in [3.8, 4) is 5.75 Å². The molecule has 3 N–H and O–H groups in total. The van der Waals surface area contributed by atoms with E-state index in [2.05, 4.69) is 27.9 Å². The Labute approximate surface area is 144 Å². The second kappa shape index (κ2) is 9.80. The van der Waals surface area contributed by atoms with Gasteiger partial charge in [-0.2, -0.15) is 0 Å². The van der Waals surface area contributed by atoms with E-state index in [4.69, 9.17) is 4.74 Å². The zero-order valence-corrected chi connectivity index (χ0v) is 14.6. The quantitative estimate of drug-likeness (QED) is 0.473. The van der Waals surface area contributed by atoms with E-state index in [0.29, 0.717) is 6.04 Å². The van der Waals surface area contributed by atoms with Crippen LogP contribution in [0.3, 0.4) is 0 Å². The maximum atomic E-state index is 11.6. The van der Waals surface area contributed by atoms with E-state index in [9.17, 15) is 4.79 Å². The predicted molar refractivity (Wildman–Crippen MR) is 96.5 cm³/mol. The third-order valence-electron chi connectivity index (χ3n) is 3.71. The topological polar surface area (TPSA) is 74.8 Å². The highest BCUT2D eigenvalue weighted by Crippen LogP contribution is 2.18. The van der Waals surface area contributed by atoms with Gasteiger partial charge in [0.05, 0.1) is 0 Å². The lowest BCUT2D eigenvalue weighted by molar-refractivity contribution is -0.123. The summed E-state index contributed by atoms with van der Waals surface area (Å²) in [6, 6.07) is 8.24. The number of amides is 1. The third-order valence-corrected chi connectivity index (χ3v) is 3.71. The number of carbonyl (C=O) groups is 1. The summed E-state index contributed by atoms with van der Waals surface area (Å²) in [6.07, 6.45) is 4.15. The van der Waals surface area contributed by atoms with Gasteiger partial charge in [-0.1, -0.05) is 19.1 Å². The van der Waals surface area contributed by atoms with Gasteiger partial charge in [0, 0.05) is 26.2 Å². The lowest BCUT2D eigenvalue weighted by Gasteiger charge is -2.11. The minimum atomic E-state index is -0.0447. The van der Waals surface area contributed by atoms with E-state index < -0.39 is 0 Å². The van der Waals surface area contributed by atoms with Crippen LogP contribution in [-0.2, 0) is 11.2 Å². The standard InChI is InChI=1S/C18H28N4O2/c1-3-11-20-18(19-2)21-12-10-14-4-8-16(9-5-14)24-13-17(23)22-15-6-7-15/h4-5,8-9,15H,3,6-7,10-13H2,1-2H3,(H,22,23)(H2,19,20,21). The lowest BCUT2D eigenvalue weighted by Crippen LogP contribution is -2.38. The van der Waals surface area contributed by atoms with Gasteiger partial charge >= 0.3 is 0 Å². The summed E-state index contributed by atoms with van der Waals surface area (Å²) in [5, 5.41) is 9.43. The van der Waals surface area contributed by atoms with Crippen molar-refractivity contribution in [2.75, 3.05) is 26.7 Å². The largest absolute Gasteiger partial charge is 0.484 e. The molecule has 1 aromatic carbocycles. The van der Waals surface area contributed by atoms with Gasteiger partial charge in [-0.25, -0.2) is 0 Å². The van der Waals surface area contributed by atoms with Crippen LogP contribution in [0.25, 0.3) is 0 Å². The number of ether oxygens (including phenoxy) is 1. The molecule has 1 aliphatic rings. The van der Waals surface area contributed by atoms with Crippen LogP contribution in [0.4, 0.5) is 0 Å². The smallest absolute Gasteiger partial charge is 0.258 e. The summed E-state index contributed by atoms with van der Waals surface area (Å²) in [6.45, 7) is 3.93. The van der Waals surface area contributed by atoms with Gasteiger partial charge in [0.1, 0.15) is 5.75 Å². The molecule has 1 aromatic rings. The first-order valence-electron chi connectivity index (χ1n) is 8.67. The minimum Gasteiger partial charge on any atom is -0.484 e. The molecule has 6 heteroatoms. The fraction of sp³-hybridized carbons (Fsp3) is 0.556. The molecule has 0 atom stereocenters. The summed E-state index contributed by atoms with van der Waals surface area (Å²) in [7, 11) is 1.77. The number of guanidine groups is 1. The van der Waals surface area contributed by atoms with Crippen molar-refractivity contribution in [2.45, 2.75) is 38.6 Å². The third kappa shape index (κ3) is 6.89. The molecule has 0 aromatic heterocycles. The average Bonchev–Trinajstić information content (AvgIpc) is 3.41. The number of nitrogens with one attached hydrogen (secondary N) is 3. The Kier molecular flexibility index (Phi) is 7.39. The maximum Gasteiger partial charge on any atom is 0.258 e. The molecular weight excluding hydrogens is 304 g/mol. The monoisotopic (exact) mass is 332 g/mol. The summed E-state index contributed by atoms with van der Waals surface area (Å²) in [5.74, 6) is 1.51. The van der Waals surface area contributed by atoms with Crippen molar-refractivity contribution >= 4 is 11.9 Å². The molecule has 1 saturated carbocycles. The van der Waals surface area contributed by atoms with E-state index in [1.54, 1.807) is 7.05 Å². The first-order chi connectivity index (χ1) is 11.7. The van der Waals surface area contributed by atoms with Crippen molar-refractivity contribution in [3.63, 3.8) is 0 Å². The van der Waals surface area contributed by atoms with Gasteiger partial charge < -0.3 is 20.7 Å². The molecular formula is C18H28N4O2. The van der Waals surface area contributed by atoms with E-state index in [1.165, 1.54) is 5.56 Å². The molecule has 0 aliphatic heterocycles. The van der Waals surface area contributed by atoms with Crippen LogP contribution in [0.15, 0.2) is 29.3 Å². The zero-order chi connectivity index (χ0) is 17.2. The Morgan fingerprint density at radius 1 is 1.21 bits per heavy atom. The van der Waals surface area contributed by atoms with E-state index >= 15 is 0 Å². The molecule has 0 bridgehead atoms. The molecule has 1 amide bonds. The predicted octanol–water partition coefficient (Wildman–Crippen LogP) is 1.46. The van der Waals surface area contributed by atoms with Crippen molar-refractivity contribution in [1.29, 1.82) is 0 Å². The first-order valence-corrected chi connectivity index (χ1v) is 8.67. The van der Waals surface area contributed by atoms with E-state index in [1.807, 2.05) is 24.3 Å². The van der Waals surface area contributed by atoms with Crippen LogP contribution in [0.2, 0.25) is 0 Å². The van der Waals surface area contributed by atoms with Gasteiger partial charge in [0.25, 0.3) is 5.91 Å². The molecule has 0 saturated heterocycles. The van der Waals surface area contributed by atoms with Crippen molar-refractivity contribution in [3.05, 3.63) is 29.8 Å². The van der Waals surface area contributed by atoms with E-state index in [-0.39, 0.29) is 12.5 Å². The van der Waals surface area contributed by atoms with Gasteiger partial charge in [-0.15, -0.1) is 0 Å². The van der Waals surface area contributed by atoms with Crippen molar-refractivity contribution < 1.29 is 9.53 Å². The molecule has 132 valence electrons. The van der Waals surface area contributed by atoms with Gasteiger partial charge in [0.15, 0.2) is 12.6 Å². The number of benzene rings is 1. The van der Waals surface area contributed by atoms with Gasteiger partial charge in [0.2, 0.25) is 0 Å². The molecule has 0 spiro atoms. The maximum absolute atomic E-state index is 11.6. The van der Waals surface area contributed by atoms with Crippen LogP contribution in [0.1, 0.15) is 31.7 Å².